The number of carbonyl (C=O) groups is 3. The Morgan fingerprint density at radius 2 is 1.64 bits per heavy atom. The van der Waals surface area contributed by atoms with E-state index in [1.165, 1.54) is 0 Å². The maximum Gasteiger partial charge on any atom is 0.329 e. The Morgan fingerprint density at radius 3 is 2.00 bits per heavy atom. The first-order valence-electron chi connectivity index (χ1n) is 3.67. The number of hydrogen-bond donors (Lipinski definition) is 3. The van der Waals surface area contributed by atoms with Crippen molar-refractivity contribution in [1.29, 1.82) is 0 Å². The molecule has 1 atom stereocenters. The van der Waals surface area contributed by atoms with Crippen LogP contribution in [0.1, 0.15) is 6.42 Å². The first-order chi connectivity index (χ1) is 6.43. The molecular formula is C7H10O7. The summed E-state index contributed by atoms with van der Waals surface area (Å²) in [5.41, 5.74) is 0. The van der Waals surface area contributed by atoms with Gasteiger partial charge in [0.25, 0.3) is 0 Å². The molecule has 1 unspecified atom stereocenters. The largest absolute Gasteiger partial charge is 0.481 e. The van der Waals surface area contributed by atoms with E-state index in [0.29, 0.717) is 0 Å². The Bertz CT molecular complexity index is 234. The van der Waals surface area contributed by atoms with E-state index in [9.17, 15) is 14.4 Å². The SMILES string of the molecule is O=C(O)COCC(CC(=O)O)C(=O)O. The summed E-state index contributed by atoms with van der Waals surface area (Å²) in [6, 6.07) is 0. The molecule has 0 aliphatic carbocycles. The Balaban J connectivity index is 3.91. The maximum atomic E-state index is 10.4. The van der Waals surface area contributed by atoms with Crippen LogP contribution in [0.2, 0.25) is 0 Å². The van der Waals surface area contributed by atoms with Gasteiger partial charge in [-0.1, -0.05) is 0 Å². The smallest absolute Gasteiger partial charge is 0.329 e. The zero-order valence-corrected chi connectivity index (χ0v) is 7.17. The van der Waals surface area contributed by atoms with Crippen LogP contribution in [0.4, 0.5) is 0 Å². The Kier molecular flexibility index (Phi) is 5.23. The molecule has 0 heterocycles. The fraction of sp³-hybridized carbons (Fsp3) is 0.571. The summed E-state index contributed by atoms with van der Waals surface area (Å²) < 4.78 is 4.48. The molecule has 0 aromatic rings. The summed E-state index contributed by atoms with van der Waals surface area (Å²) in [4.78, 5) is 30.6. The van der Waals surface area contributed by atoms with Crippen LogP contribution in [0, 0.1) is 5.92 Å². The number of carboxylic acids is 3. The third kappa shape index (κ3) is 5.95. The van der Waals surface area contributed by atoms with Gasteiger partial charge in [-0.2, -0.15) is 0 Å². The second-order valence-electron chi connectivity index (χ2n) is 2.54. The molecule has 0 aliphatic rings. The lowest BCUT2D eigenvalue weighted by atomic mass is 10.1. The molecule has 0 amide bonds. The third-order valence-electron chi connectivity index (χ3n) is 1.31. The Hall–Kier alpha value is -1.63. The molecule has 7 heteroatoms. The van der Waals surface area contributed by atoms with Gasteiger partial charge in [0.1, 0.15) is 6.61 Å². The highest BCUT2D eigenvalue weighted by Gasteiger charge is 2.21. The number of rotatable bonds is 7. The first-order valence-corrected chi connectivity index (χ1v) is 3.67. The lowest BCUT2D eigenvalue weighted by Crippen LogP contribution is -2.24. The lowest BCUT2D eigenvalue weighted by molar-refractivity contribution is -0.152. The van der Waals surface area contributed by atoms with E-state index in [1.807, 2.05) is 0 Å². The van der Waals surface area contributed by atoms with Crippen molar-refractivity contribution in [3.63, 3.8) is 0 Å². The second kappa shape index (κ2) is 5.92. The standard InChI is InChI=1S/C7H10O7/c8-5(9)1-4(7(12)13)2-14-3-6(10)11/h4H,1-3H2,(H,8,9)(H,10,11)(H,12,13). The molecule has 0 saturated carbocycles. The number of hydrogen-bond acceptors (Lipinski definition) is 4. The van der Waals surface area contributed by atoms with Crippen molar-refractivity contribution >= 4 is 17.9 Å². The van der Waals surface area contributed by atoms with E-state index in [0.717, 1.165) is 0 Å². The fourth-order valence-electron chi connectivity index (χ4n) is 0.717. The van der Waals surface area contributed by atoms with Crippen LogP contribution in [0.3, 0.4) is 0 Å². The quantitative estimate of drug-likeness (QED) is 0.501. The van der Waals surface area contributed by atoms with Crippen molar-refractivity contribution < 1.29 is 34.4 Å². The molecule has 14 heavy (non-hydrogen) atoms. The van der Waals surface area contributed by atoms with Gasteiger partial charge in [-0.3, -0.25) is 9.59 Å². The van der Waals surface area contributed by atoms with E-state index in [4.69, 9.17) is 15.3 Å². The normalized spacial score (nSPS) is 12.0. The molecule has 3 N–H and O–H groups in total. The van der Waals surface area contributed by atoms with E-state index in [-0.39, 0.29) is 0 Å². The molecule has 0 bridgehead atoms. The zero-order chi connectivity index (χ0) is 11.1. The predicted molar refractivity (Wildman–Crippen MR) is 41.8 cm³/mol. The van der Waals surface area contributed by atoms with Gasteiger partial charge in [0.2, 0.25) is 0 Å². The van der Waals surface area contributed by atoms with Gasteiger partial charge in [0, 0.05) is 0 Å². The molecule has 0 spiro atoms. The Labute approximate surface area is 78.9 Å². The minimum Gasteiger partial charge on any atom is -0.481 e. The maximum absolute atomic E-state index is 10.4. The van der Waals surface area contributed by atoms with Crippen molar-refractivity contribution in [2.75, 3.05) is 13.2 Å². The van der Waals surface area contributed by atoms with E-state index >= 15 is 0 Å². The van der Waals surface area contributed by atoms with Crippen molar-refractivity contribution in [2.45, 2.75) is 6.42 Å². The van der Waals surface area contributed by atoms with Crippen molar-refractivity contribution in [2.24, 2.45) is 5.92 Å². The molecule has 0 fully saturated rings. The van der Waals surface area contributed by atoms with Gasteiger partial charge in [-0.05, 0) is 0 Å². The summed E-state index contributed by atoms with van der Waals surface area (Å²) in [5, 5.41) is 25.0. The molecular weight excluding hydrogens is 196 g/mol. The topological polar surface area (TPSA) is 121 Å². The number of aliphatic carboxylic acids is 3. The average Bonchev–Trinajstić information content (AvgIpc) is 2.00. The predicted octanol–water partition coefficient (Wildman–Crippen LogP) is -0.737. The van der Waals surface area contributed by atoms with Crippen LogP contribution < -0.4 is 0 Å². The molecule has 0 saturated heterocycles. The van der Waals surface area contributed by atoms with E-state index in [2.05, 4.69) is 4.74 Å². The van der Waals surface area contributed by atoms with E-state index in [1.54, 1.807) is 0 Å². The summed E-state index contributed by atoms with van der Waals surface area (Å²) in [6.07, 6.45) is -0.588. The molecule has 80 valence electrons. The second-order valence-corrected chi connectivity index (χ2v) is 2.54. The highest BCUT2D eigenvalue weighted by atomic mass is 16.5. The number of carboxylic acid groups (broad SMARTS) is 3. The summed E-state index contributed by atoms with van der Waals surface area (Å²) in [5.74, 6) is -5.04. The summed E-state index contributed by atoms with van der Waals surface area (Å²) in [6.45, 7) is -1.06. The minimum absolute atomic E-state index is 0.423. The van der Waals surface area contributed by atoms with Crippen molar-refractivity contribution in [3.05, 3.63) is 0 Å². The monoisotopic (exact) mass is 206 g/mol. The summed E-state index contributed by atoms with van der Waals surface area (Å²) in [7, 11) is 0. The van der Waals surface area contributed by atoms with E-state index < -0.39 is 43.5 Å². The minimum atomic E-state index is -1.32. The third-order valence-corrected chi connectivity index (χ3v) is 1.31. The molecule has 0 radical (unpaired) electrons. The van der Waals surface area contributed by atoms with Crippen molar-refractivity contribution in [3.8, 4) is 0 Å². The van der Waals surface area contributed by atoms with Crippen LogP contribution in [0.15, 0.2) is 0 Å². The number of ether oxygens (including phenoxy) is 1. The van der Waals surface area contributed by atoms with Crippen LogP contribution >= 0.6 is 0 Å². The van der Waals surface area contributed by atoms with Crippen molar-refractivity contribution in [1.82, 2.24) is 0 Å². The van der Waals surface area contributed by atoms with Crippen LogP contribution in [-0.4, -0.2) is 46.4 Å². The van der Waals surface area contributed by atoms with Gasteiger partial charge in [-0.15, -0.1) is 0 Å². The van der Waals surface area contributed by atoms with Gasteiger partial charge < -0.3 is 20.1 Å². The van der Waals surface area contributed by atoms with Crippen LogP contribution in [0.25, 0.3) is 0 Å². The van der Waals surface area contributed by atoms with Gasteiger partial charge >= 0.3 is 17.9 Å². The average molecular weight is 206 g/mol. The van der Waals surface area contributed by atoms with Gasteiger partial charge in [-0.25, -0.2) is 4.79 Å². The highest BCUT2D eigenvalue weighted by molar-refractivity contribution is 5.77. The highest BCUT2D eigenvalue weighted by Crippen LogP contribution is 2.04. The molecule has 0 aliphatic heterocycles. The first kappa shape index (κ1) is 12.4. The van der Waals surface area contributed by atoms with Gasteiger partial charge in [0.05, 0.1) is 18.9 Å². The lowest BCUT2D eigenvalue weighted by Gasteiger charge is -2.08. The van der Waals surface area contributed by atoms with Gasteiger partial charge in [0.15, 0.2) is 0 Å². The fourth-order valence-corrected chi connectivity index (χ4v) is 0.717. The molecule has 0 rings (SSSR count). The summed E-state index contributed by atoms with van der Waals surface area (Å²) >= 11 is 0. The van der Waals surface area contributed by atoms with Crippen LogP contribution in [-0.2, 0) is 19.1 Å². The Morgan fingerprint density at radius 1 is 1.07 bits per heavy atom. The van der Waals surface area contributed by atoms with Crippen LogP contribution in [0.5, 0.6) is 0 Å². The molecule has 0 aromatic heterocycles. The molecule has 7 nitrogen and oxygen atoms in total. The zero-order valence-electron chi connectivity index (χ0n) is 7.17. The molecule has 0 aromatic carbocycles.